The quantitative estimate of drug-likeness (QED) is 0.0984. The molecule has 10 heteroatoms. The van der Waals surface area contributed by atoms with Crippen LogP contribution < -0.4 is 15.0 Å². The zero-order valence-corrected chi connectivity index (χ0v) is 29.9. The lowest BCUT2D eigenvalue weighted by molar-refractivity contribution is -0.0931. The van der Waals surface area contributed by atoms with Gasteiger partial charge in [0.2, 0.25) is 0 Å². The minimum Gasteiger partial charge on any atom is -0.497 e. The third kappa shape index (κ3) is 7.68. The van der Waals surface area contributed by atoms with Gasteiger partial charge < -0.3 is 24.1 Å². The fourth-order valence-electron chi connectivity index (χ4n) is 6.55. The molecule has 3 aromatic carbocycles. The fraction of sp³-hybridized carbons (Fsp3) is 0.341. The number of methoxy groups -OCH3 is 2. The number of imidazole rings is 1. The van der Waals surface area contributed by atoms with E-state index in [1.807, 2.05) is 78.9 Å². The normalized spacial score (nSPS) is 17.8. The number of hydrogen-bond acceptors (Lipinski definition) is 8. The van der Waals surface area contributed by atoms with Gasteiger partial charge in [0, 0.05) is 13.0 Å². The smallest absolute Gasteiger partial charge is 0.281 e. The van der Waals surface area contributed by atoms with E-state index in [1.54, 1.807) is 36.0 Å². The first-order valence-electron chi connectivity index (χ1n) is 17.3. The summed E-state index contributed by atoms with van der Waals surface area (Å²) in [6.07, 6.45) is 7.45. The standard InChI is InChI=1S/C41H46N4O6/c1-28(2)10-9-11-29(3)22-23-44-26-43-39-38(40(44)47)42-27-45(39)37-24-35(46)36(51-37)25-50-41(30-12-7-6-8-13-30,31-14-18-33(48-4)19-15-31)32-16-20-34(49-5)21-17-32/h6-8,10,12-22,26-27,35-37,46H,9,11,23-25H2,1-5H3/b29-22+/t35-,36+,37+/m0/s1. The molecule has 0 spiro atoms. The Bertz CT molecular complexity index is 1980. The van der Waals surface area contributed by atoms with Crippen LogP contribution in [0.5, 0.6) is 11.5 Å². The third-order valence-electron chi connectivity index (χ3n) is 9.43. The second kappa shape index (κ2) is 15.9. The first kappa shape index (κ1) is 35.8. The van der Waals surface area contributed by atoms with Crippen molar-refractivity contribution >= 4 is 11.2 Å². The molecule has 3 heterocycles. The summed E-state index contributed by atoms with van der Waals surface area (Å²) in [5.41, 5.74) is 4.55. The van der Waals surface area contributed by atoms with Crippen molar-refractivity contribution in [2.24, 2.45) is 0 Å². The van der Waals surface area contributed by atoms with Gasteiger partial charge in [-0.25, -0.2) is 9.97 Å². The van der Waals surface area contributed by atoms with Crippen molar-refractivity contribution in [1.29, 1.82) is 0 Å². The number of fused-ring (bicyclic) bond motifs is 1. The summed E-state index contributed by atoms with van der Waals surface area (Å²) in [6.45, 7) is 6.74. The largest absolute Gasteiger partial charge is 0.497 e. The van der Waals surface area contributed by atoms with Crippen LogP contribution in [0.1, 0.15) is 63.0 Å². The molecule has 0 bridgehead atoms. The highest BCUT2D eigenvalue weighted by Gasteiger charge is 2.42. The summed E-state index contributed by atoms with van der Waals surface area (Å²) in [5.74, 6) is 1.45. The van der Waals surface area contributed by atoms with E-state index in [4.69, 9.17) is 18.9 Å². The SMILES string of the molecule is COc1ccc(C(OC[C@H]2O[C@@H](n3cnc4c(=O)n(C/C=C(\C)CCC=C(C)C)cnc43)C[C@@H]2O)(c2ccccc2)c2ccc(OC)cc2)cc1. The summed E-state index contributed by atoms with van der Waals surface area (Å²) in [6, 6.07) is 25.6. The maximum Gasteiger partial charge on any atom is 0.281 e. The van der Waals surface area contributed by atoms with Gasteiger partial charge in [-0.15, -0.1) is 0 Å². The number of hydrogen-bond donors (Lipinski definition) is 1. The fourth-order valence-corrected chi connectivity index (χ4v) is 6.55. The molecule has 0 saturated carbocycles. The van der Waals surface area contributed by atoms with E-state index in [0.717, 1.165) is 41.0 Å². The molecule has 0 amide bonds. The third-order valence-corrected chi connectivity index (χ3v) is 9.43. The molecule has 51 heavy (non-hydrogen) atoms. The Hall–Kier alpha value is -5.03. The van der Waals surface area contributed by atoms with E-state index in [-0.39, 0.29) is 24.1 Å². The first-order chi connectivity index (χ1) is 24.7. The molecule has 10 nitrogen and oxygen atoms in total. The van der Waals surface area contributed by atoms with E-state index in [0.29, 0.717) is 12.2 Å². The number of aliphatic hydroxyl groups is 1. The van der Waals surface area contributed by atoms with Gasteiger partial charge >= 0.3 is 0 Å². The van der Waals surface area contributed by atoms with Gasteiger partial charge in [-0.2, -0.15) is 0 Å². The summed E-state index contributed by atoms with van der Waals surface area (Å²) >= 11 is 0. The molecule has 6 rings (SSSR count). The van der Waals surface area contributed by atoms with Crippen LogP contribution in [-0.2, 0) is 21.6 Å². The van der Waals surface area contributed by atoms with Crippen LogP contribution in [0.4, 0.5) is 0 Å². The van der Waals surface area contributed by atoms with Gasteiger partial charge in [-0.3, -0.25) is 13.9 Å². The van der Waals surface area contributed by atoms with Crippen molar-refractivity contribution in [3.8, 4) is 11.5 Å². The van der Waals surface area contributed by atoms with Gasteiger partial charge in [0.1, 0.15) is 35.8 Å². The highest BCUT2D eigenvalue weighted by molar-refractivity contribution is 5.69. The summed E-state index contributed by atoms with van der Waals surface area (Å²) in [7, 11) is 3.27. The Morgan fingerprint density at radius 1 is 0.882 bits per heavy atom. The molecule has 2 aromatic heterocycles. The molecule has 1 saturated heterocycles. The van der Waals surface area contributed by atoms with Gasteiger partial charge in [0.25, 0.3) is 5.56 Å². The number of allylic oxidation sites excluding steroid dienone is 4. The van der Waals surface area contributed by atoms with Crippen molar-refractivity contribution in [3.05, 3.63) is 142 Å². The minimum absolute atomic E-state index is 0.0663. The Balaban J connectivity index is 1.25. The Morgan fingerprint density at radius 2 is 1.51 bits per heavy atom. The van der Waals surface area contributed by atoms with Crippen molar-refractivity contribution in [1.82, 2.24) is 19.1 Å². The molecule has 1 aliphatic rings. The van der Waals surface area contributed by atoms with Crippen LogP contribution >= 0.6 is 0 Å². The van der Waals surface area contributed by atoms with E-state index >= 15 is 0 Å². The molecule has 1 N–H and O–H groups in total. The first-order valence-corrected chi connectivity index (χ1v) is 17.3. The lowest BCUT2D eigenvalue weighted by atomic mass is 9.80. The van der Waals surface area contributed by atoms with Gasteiger partial charge in [-0.05, 0) is 74.6 Å². The van der Waals surface area contributed by atoms with Crippen molar-refractivity contribution in [3.63, 3.8) is 0 Å². The molecule has 0 unspecified atom stereocenters. The van der Waals surface area contributed by atoms with Crippen molar-refractivity contribution in [2.45, 2.75) is 70.6 Å². The predicted octanol–water partition coefficient (Wildman–Crippen LogP) is 6.96. The van der Waals surface area contributed by atoms with Crippen molar-refractivity contribution in [2.75, 3.05) is 20.8 Å². The number of benzene rings is 3. The lowest BCUT2D eigenvalue weighted by Gasteiger charge is -2.37. The van der Waals surface area contributed by atoms with Gasteiger partial charge in [0.05, 0.1) is 33.3 Å². The second-order valence-electron chi connectivity index (χ2n) is 13.1. The van der Waals surface area contributed by atoms with Crippen LogP contribution in [0.3, 0.4) is 0 Å². The maximum absolute atomic E-state index is 13.4. The molecule has 0 radical (unpaired) electrons. The Morgan fingerprint density at radius 3 is 2.12 bits per heavy atom. The molecule has 1 fully saturated rings. The van der Waals surface area contributed by atoms with E-state index in [2.05, 4.69) is 42.9 Å². The molecule has 3 atom stereocenters. The molecular weight excluding hydrogens is 644 g/mol. The summed E-state index contributed by atoms with van der Waals surface area (Å²) < 4.78 is 27.7. The molecule has 0 aliphatic carbocycles. The van der Waals surface area contributed by atoms with Crippen LogP contribution in [0.2, 0.25) is 0 Å². The second-order valence-corrected chi connectivity index (χ2v) is 13.1. The number of nitrogens with zero attached hydrogens (tertiary/aromatic N) is 4. The van der Waals surface area contributed by atoms with Crippen LogP contribution in [0.25, 0.3) is 11.2 Å². The minimum atomic E-state index is -1.06. The number of aliphatic hydroxyl groups excluding tert-OH is 1. The molecule has 266 valence electrons. The maximum atomic E-state index is 13.4. The van der Waals surface area contributed by atoms with Gasteiger partial charge in [0.15, 0.2) is 11.2 Å². The highest BCUT2D eigenvalue weighted by atomic mass is 16.6. The molecule has 5 aromatic rings. The monoisotopic (exact) mass is 690 g/mol. The van der Waals surface area contributed by atoms with Crippen LogP contribution in [0, 0.1) is 0 Å². The average molecular weight is 691 g/mol. The Labute approximate surface area is 298 Å². The molecular formula is C41H46N4O6. The summed E-state index contributed by atoms with van der Waals surface area (Å²) in [4.78, 5) is 22.4. The highest BCUT2D eigenvalue weighted by Crippen LogP contribution is 2.43. The topological polar surface area (TPSA) is 110 Å². The molecule has 1 aliphatic heterocycles. The van der Waals surface area contributed by atoms with E-state index < -0.39 is 24.0 Å². The Kier molecular flexibility index (Phi) is 11.1. The zero-order chi connectivity index (χ0) is 36.0. The summed E-state index contributed by atoms with van der Waals surface area (Å²) in [5, 5.41) is 11.3. The number of ether oxygens (including phenoxy) is 4. The zero-order valence-electron chi connectivity index (χ0n) is 29.9. The van der Waals surface area contributed by atoms with E-state index in [1.165, 1.54) is 11.1 Å². The van der Waals surface area contributed by atoms with Crippen LogP contribution in [0.15, 0.2) is 120 Å². The van der Waals surface area contributed by atoms with Crippen LogP contribution in [-0.4, -0.2) is 57.2 Å². The predicted molar refractivity (Wildman–Crippen MR) is 197 cm³/mol. The lowest BCUT2D eigenvalue weighted by Crippen LogP contribution is -2.38. The average Bonchev–Trinajstić information content (AvgIpc) is 3.76. The van der Waals surface area contributed by atoms with Gasteiger partial charge in [-0.1, -0.05) is 77.9 Å². The number of aromatic nitrogens is 4. The van der Waals surface area contributed by atoms with Crippen molar-refractivity contribution < 1.29 is 24.1 Å². The van der Waals surface area contributed by atoms with E-state index in [9.17, 15) is 9.90 Å². The number of rotatable bonds is 14.